The van der Waals surface area contributed by atoms with E-state index in [1.807, 2.05) is 6.92 Å². The van der Waals surface area contributed by atoms with Gasteiger partial charge in [-0.3, -0.25) is 10.1 Å². The molecule has 0 fully saturated rings. The van der Waals surface area contributed by atoms with E-state index in [9.17, 15) is 14.9 Å². The van der Waals surface area contributed by atoms with E-state index in [2.05, 4.69) is 0 Å². The fraction of sp³-hybridized carbons (Fsp3) is 0.222. The third kappa shape index (κ3) is 4.71. The number of benzene rings is 1. The average molecular weight is 375 g/mol. The van der Waals surface area contributed by atoms with Crippen LogP contribution in [0.3, 0.4) is 0 Å². The molecule has 1 aromatic carbocycles. The molecule has 134 valence electrons. The number of nitrogens with zero attached hydrogens (tertiary/aromatic N) is 2. The fourth-order valence-corrected chi connectivity index (χ4v) is 2.33. The van der Waals surface area contributed by atoms with Crippen molar-refractivity contribution in [2.45, 2.75) is 19.8 Å². The van der Waals surface area contributed by atoms with Crippen molar-refractivity contribution in [1.82, 2.24) is 0 Å². The number of hydrogen-bond donors (Lipinski definition) is 0. The van der Waals surface area contributed by atoms with Crippen molar-refractivity contribution in [3.63, 3.8) is 0 Å². The van der Waals surface area contributed by atoms with Gasteiger partial charge in [0.25, 0.3) is 5.69 Å². The van der Waals surface area contributed by atoms with E-state index < -0.39 is 10.9 Å². The quantitative estimate of drug-likeness (QED) is 0.173. The summed E-state index contributed by atoms with van der Waals surface area (Å²) in [6.07, 6.45) is 2.86. The Morgan fingerprint density at radius 1 is 1.42 bits per heavy atom. The van der Waals surface area contributed by atoms with Gasteiger partial charge in [-0.2, -0.15) is 5.26 Å². The molecule has 0 saturated heterocycles. The van der Waals surface area contributed by atoms with Crippen LogP contribution in [0.15, 0.2) is 40.3 Å². The van der Waals surface area contributed by atoms with Gasteiger partial charge in [-0.1, -0.05) is 24.9 Å². The molecule has 0 N–H and O–H groups in total. The molecule has 0 amide bonds. The fourth-order valence-electron chi connectivity index (χ4n) is 2.06. The lowest BCUT2D eigenvalue weighted by Gasteiger charge is -2.02. The summed E-state index contributed by atoms with van der Waals surface area (Å²) in [4.78, 5) is 22.1. The zero-order valence-electron chi connectivity index (χ0n) is 13.9. The van der Waals surface area contributed by atoms with E-state index in [1.165, 1.54) is 24.3 Å². The van der Waals surface area contributed by atoms with E-state index >= 15 is 0 Å². The van der Waals surface area contributed by atoms with Gasteiger partial charge in [0.05, 0.1) is 16.6 Å². The molecule has 0 aliphatic carbocycles. The molecule has 26 heavy (non-hydrogen) atoms. The lowest BCUT2D eigenvalue weighted by molar-refractivity contribution is -0.384. The topological polar surface area (TPSA) is 106 Å². The summed E-state index contributed by atoms with van der Waals surface area (Å²) in [5.74, 6) is -0.0986. The Hall–Kier alpha value is -3.11. The van der Waals surface area contributed by atoms with Crippen LogP contribution in [0.25, 0.3) is 17.4 Å². The van der Waals surface area contributed by atoms with Gasteiger partial charge in [-0.25, -0.2) is 4.79 Å². The van der Waals surface area contributed by atoms with Gasteiger partial charge < -0.3 is 9.15 Å². The molecule has 0 atom stereocenters. The molecule has 8 heteroatoms. The number of ether oxygens (including phenoxy) is 1. The Labute approximate surface area is 154 Å². The van der Waals surface area contributed by atoms with Crippen molar-refractivity contribution in [3.8, 4) is 17.4 Å². The highest BCUT2D eigenvalue weighted by atomic mass is 35.5. The van der Waals surface area contributed by atoms with Crippen LogP contribution in [-0.2, 0) is 9.53 Å². The summed E-state index contributed by atoms with van der Waals surface area (Å²) in [6.45, 7) is 2.21. The summed E-state index contributed by atoms with van der Waals surface area (Å²) >= 11 is 6.07. The summed E-state index contributed by atoms with van der Waals surface area (Å²) < 4.78 is 10.6. The molecular weight excluding hydrogens is 360 g/mol. The van der Waals surface area contributed by atoms with Gasteiger partial charge in [-0.05, 0) is 24.6 Å². The number of non-ortho nitro benzene ring substituents is 1. The van der Waals surface area contributed by atoms with Gasteiger partial charge in [0.1, 0.15) is 23.2 Å². The zero-order chi connectivity index (χ0) is 19.1. The molecule has 2 rings (SSSR count). The summed E-state index contributed by atoms with van der Waals surface area (Å²) in [5.41, 5.74) is 0.143. The van der Waals surface area contributed by atoms with E-state index in [0.29, 0.717) is 17.7 Å². The zero-order valence-corrected chi connectivity index (χ0v) is 14.7. The largest absolute Gasteiger partial charge is 0.462 e. The number of esters is 1. The van der Waals surface area contributed by atoms with E-state index in [4.69, 9.17) is 26.0 Å². The molecule has 7 nitrogen and oxygen atoms in total. The predicted molar refractivity (Wildman–Crippen MR) is 95.3 cm³/mol. The van der Waals surface area contributed by atoms with E-state index in [0.717, 1.165) is 6.42 Å². The molecule has 0 aliphatic heterocycles. The Bertz CT molecular complexity index is 895. The number of nitro groups is 1. The second-order valence-corrected chi connectivity index (χ2v) is 5.69. The van der Waals surface area contributed by atoms with Gasteiger partial charge in [0, 0.05) is 23.8 Å². The molecule has 0 spiro atoms. The third-order valence-electron chi connectivity index (χ3n) is 3.41. The number of nitro benzene ring substituents is 1. The number of unbranched alkanes of at least 4 members (excludes halogenated alkanes) is 1. The predicted octanol–water partition coefficient (Wildman–Crippen LogP) is 4.76. The molecule has 1 heterocycles. The first-order valence-electron chi connectivity index (χ1n) is 7.79. The summed E-state index contributed by atoms with van der Waals surface area (Å²) in [7, 11) is 0. The van der Waals surface area contributed by atoms with Crippen molar-refractivity contribution in [2.24, 2.45) is 0 Å². The monoisotopic (exact) mass is 374 g/mol. The number of rotatable bonds is 7. The van der Waals surface area contributed by atoms with Crippen molar-refractivity contribution in [1.29, 1.82) is 5.26 Å². The van der Waals surface area contributed by atoms with Crippen LogP contribution in [0.4, 0.5) is 5.69 Å². The molecule has 2 aromatic rings. The highest BCUT2D eigenvalue weighted by molar-refractivity contribution is 6.33. The number of hydrogen-bond acceptors (Lipinski definition) is 6. The number of nitriles is 1. The number of halogens is 1. The second kappa shape index (κ2) is 8.83. The molecule has 1 aromatic heterocycles. The van der Waals surface area contributed by atoms with Crippen molar-refractivity contribution < 1.29 is 18.9 Å². The van der Waals surface area contributed by atoms with Crippen molar-refractivity contribution in [3.05, 3.63) is 56.8 Å². The molecule has 0 bridgehead atoms. The molecular formula is C18H15ClN2O5. The lowest BCUT2D eigenvalue weighted by Crippen LogP contribution is -2.07. The van der Waals surface area contributed by atoms with Gasteiger partial charge in [0.2, 0.25) is 0 Å². The van der Waals surface area contributed by atoms with Crippen LogP contribution in [0.2, 0.25) is 5.02 Å². The van der Waals surface area contributed by atoms with Crippen LogP contribution < -0.4 is 0 Å². The van der Waals surface area contributed by atoms with E-state index in [-0.39, 0.29) is 28.7 Å². The van der Waals surface area contributed by atoms with Crippen LogP contribution in [-0.4, -0.2) is 17.5 Å². The number of carbonyl (C=O) groups excluding carboxylic acids is 1. The minimum atomic E-state index is -0.715. The van der Waals surface area contributed by atoms with E-state index in [1.54, 1.807) is 18.2 Å². The lowest BCUT2D eigenvalue weighted by atomic mass is 10.1. The maximum absolute atomic E-state index is 11.8. The number of furan rings is 1. The van der Waals surface area contributed by atoms with Crippen molar-refractivity contribution in [2.75, 3.05) is 6.61 Å². The van der Waals surface area contributed by atoms with Gasteiger partial charge in [-0.15, -0.1) is 0 Å². The van der Waals surface area contributed by atoms with Crippen LogP contribution in [0.1, 0.15) is 25.5 Å². The highest BCUT2D eigenvalue weighted by Gasteiger charge is 2.15. The van der Waals surface area contributed by atoms with Crippen LogP contribution >= 0.6 is 11.6 Å². The molecule has 0 radical (unpaired) electrons. The number of carbonyl (C=O) groups is 1. The molecule has 0 unspecified atom stereocenters. The maximum Gasteiger partial charge on any atom is 0.349 e. The standard InChI is InChI=1S/C18H15ClN2O5/c1-2-3-8-25-18(22)12(11-20)9-14-5-7-17(26-14)15-6-4-13(21(23)24)10-16(15)19/h4-7,9-10H,2-3,8H2,1H3. The Morgan fingerprint density at radius 3 is 2.81 bits per heavy atom. The Balaban J connectivity index is 2.22. The van der Waals surface area contributed by atoms with Gasteiger partial charge in [0.15, 0.2) is 0 Å². The first kappa shape index (κ1) is 19.2. The second-order valence-electron chi connectivity index (χ2n) is 5.28. The van der Waals surface area contributed by atoms with Crippen molar-refractivity contribution >= 4 is 29.3 Å². The van der Waals surface area contributed by atoms with Crippen LogP contribution in [0, 0.1) is 21.4 Å². The Kier molecular flexibility index (Phi) is 6.53. The summed E-state index contributed by atoms with van der Waals surface area (Å²) in [6, 6.07) is 8.94. The highest BCUT2D eigenvalue weighted by Crippen LogP contribution is 2.32. The normalized spacial score (nSPS) is 11.0. The Morgan fingerprint density at radius 2 is 2.19 bits per heavy atom. The minimum Gasteiger partial charge on any atom is -0.462 e. The first-order valence-corrected chi connectivity index (χ1v) is 8.17. The SMILES string of the molecule is CCCCOC(=O)C(C#N)=Cc1ccc(-c2ccc([N+](=O)[O-])cc2Cl)o1. The van der Waals surface area contributed by atoms with Crippen LogP contribution in [0.5, 0.6) is 0 Å². The summed E-state index contributed by atoms with van der Waals surface area (Å²) in [5, 5.41) is 20.0. The molecule has 0 saturated carbocycles. The smallest absolute Gasteiger partial charge is 0.349 e. The molecule has 0 aliphatic rings. The maximum atomic E-state index is 11.8. The minimum absolute atomic E-state index is 0.132. The average Bonchev–Trinajstić information content (AvgIpc) is 3.07. The van der Waals surface area contributed by atoms with Gasteiger partial charge >= 0.3 is 5.97 Å². The first-order chi connectivity index (χ1) is 12.5. The third-order valence-corrected chi connectivity index (χ3v) is 3.73.